The van der Waals surface area contributed by atoms with E-state index in [0.717, 1.165) is 32.6 Å². The lowest BCUT2D eigenvalue weighted by molar-refractivity contribution is -0.123. The van der Waals surface area contributed by atoms with Crippen LogP contribution in [0.4, 0.5) is 0 Å². The minimum atomic E-state index is 0. The zero-order valence-electron chi connectivity index (χ0n) is 12.8. The molecule has 0 saturated heterocycles. The lowest BCUT2D eigenvalue weighted by atomic mass is 10.2. The number of hydrogen-bond acceptors (Lipinski definition) is 3. The molecule has 120 valence electrons. The Bertz CT molecular complexity index is 273. The second-order valence-corrected chi connectivity index (χ2v) is 4.54. The maximum Gasteiger partial charge on any atom is 0.222 e. The summed E-state index contributed by atoms with van der Waals surface area (Å²) >= 11 is 0. The summed E-state index contributed by atoms with van der Waals surface area (Å²) in [7, 11) is 0. The molecule has 0 heterocycles. The van der Waals surface area contributed by atoms with Crippen molar-refractivity contribution in [3.63, 3.8) is 0 Å². The molecule has 0 aromatic rings. The summed E-state index contributed by atoms with van der Waals surface area (Å²) in [4.78, 5) is 15.4. The highest BCUT2D eigenvalue weighted by atomic mass is 127. The summed E-state index contributed by atoms with van der Waals surface area (Å²) in [6.07, 6.45) is 1.70. The van der Waals surface area contributed by atoms with Gasteiger partial charge in [0.25, 0.3) is 0 Å². The van der Waals surface area contributed by atoms with Gasteiger partial charge in [-0.25, -0.2) is 0 Å². The first-order chi connectivity index (χ1) is 9.07. The fourth-order valence-corrected chi connectivity index (χ4v) is 1.29. The maximum atomic E-state index is 11.3. The summed E-state index contributed by atoms with van der Waals surface area (Å²) < 4.78 is 5.21. The van der Waals surface area contributed by atoms with E-state index in [1.165, 1.54) is 0 Å². The number of guanidine groups is 1. The third kappa shape index (κ3) is 13.9. The lowest BCUT2D eigenvalue weighted by Crippen LogP contribution is -2.33. The van der Waals surface area contributed by atoms with E-state index in [-0.39, 0.29) is 35.8 Å². The first-order valence-electron chi connectivity index (χ1n) is 6.97. The molecule has 4 N–H and O–H groups in total. The summed E-state index contributed by atoms with van der Waals surface area (Å²) in [5.74, 6) is 0.554. The van der Waals surface area contributed by atoms with Gasteiger partial charge < -0.3 is 21.1 Å². The first kappa shape index (κ1) is 21.7. The van der Waals surface area contributed by atoms with Crippen molar-refractivity contribution in [1.29, 1.82) is 0 Å². The van der Waals surface area contributed by atoms with Gasteiger partial charge in [-0.05, 0) is 19.8 Å². The van der Waals surface area contributed by atoms with Crippen LogP contribution in [0.15, 0.2) is 4.99 Å². The summed E-state index contributed by atoms with van der Waals surface area (Å²) in [5, 5.41) is 5.86. The number of carbonyl (C=O) groups is 1. The van der Waals surface area contributed by atoms with E-state index >= 15 is 0 Å². The molecule has 0 rings (SSSR count). The van der Waals surface area contributed by atoms with Crippen LogP contribution in [0.2, 0.25) is 0 Å². The van der Waals surface area contributed by atoms with E-state index in [4.69, 9.17) is 10.5 Å². The number of halogens is 1. The number of hydrogen-bond donors (Lipinski definition) is 3. The molecule has 0 bridgehead atoms. The normalized spacial score (nSPS) is 11.1. The van der Waals surface area contributed by atoms with Crippen molar-refractivity contribution < 1.29 is 9.53 Å². The molecule has 0 atom stereocenters. The molecule has 0 radical (unpaired) electrons. The maximum absolute atomic E-state index is 11.3. The average Bonchev–Trinajstić information content (AvgIpc) is 2.37. The summed E-state index contributed by atoms with van der Waals surface area (Å²) in [6.45, 7) is 9.21. The van der Waals surface area contributed by atoms with Crippen molar-refractivity contribution in [2.75, 3.05) is 32.8 Å². The Kier molecular flexibility index (Phi) is 16.1. The molecule has 20 heavy (non-hydrogen) atoms. The number of amides is 1. The standard InChI is InChI=1S/C13H28N4O2.HI/c1-4-19-10-6-9-17-13(14)16-8-5-7-15-12(18)11(2)3;/h11H,4-10H2,1-3H3,(H,15,18)(H3,14,16,17);1H. The molecule has 0 aliphatic carbocycles. The van der Waals surface area contributed by atoms with Crippen molar-refractivity contribution >= 4 is 35.8 Å². The number of nitrogens with two attached hydrogens (primary N) is 1. The Hall–Kier alpha value is -0.570. The number of nitrogens with one attached hydrogen (secondary N) is 2. The fourth-order valence-electron chi connectivity index (χ4n) is 1.29. The van der Waals surface area contributed by atoms with Gasteiger partial charge in [0.05, 0.1) is 0 Å². The van der Waals surface area contributed by atoms with Gasteiger partial charge in [-0.3, -0.25) is 9.79 Å². The van der Waals surface area contributed by atoms with Crippen LogP contribution in [0.3, 0.4) is 0 Å². The Morgan fingerprint density at radius 1 is 1.25 bits per heavy atom. The number of nitrogens with zero attached hydrogens (tertiary/aromatic N) is 1. The molecule has 0 aliphatic rings. The van der Waals surface area contributed by atoms with Gasteiger partial charge in [-0.1, -0.05) is 13.8 Å². The molecular weight excluding hydrogens is 371 g/mol. The average molecular weight is 400 g/mol. The second kappa shape index (κ2) is 14.8. The minimum absolute atomic E-state index is 0. The number of ether oxygens (including phenoxy) is 1. The van der Waals surface area contributed by atoms with Gasteiger partial charge >= 0.3 is 0 Å². The SMILES string of the molecule is CCOCCCNC(N)=NCCCNC(=O)C(C)C.I. The number of aliphatic imine (C=N–C) groups is 1. The smallest absolute Gasteiger partial charge is 0.222 e. The lowest BCUT2D eigenvalue weighted by Gasteiger charge is -2.07. The van der Waals surface area contributed by atoms with Crippen LogP contribution >= 0.6 is 24.0 Å². The quantitative estimate of drug-likeness (QED) is 0.222. The van der Waals surface area contributed by atoms with E-state index in [1.54, 1.807) is 0 Å². The van der Waals surface area contributed by atoms with Crippen LogP contribution in [0.5, 0.6) is 0 Å². The minimum Gasteiger partial charge on any atom is -0.382 e. The van der Waals surface area contributed by atoms with E-state index in [9.17, 15) is 4.79 Å². The van der Waals surface area contributed by atoms with Crippen LogP contribution in [0, 0.1) is 5.92 Å². The van der Waals surface area contributed by atoms with Crippen molar-refractivity contribution in [2.45, 2.75) is 33.6 Å². The van der Waals surface area contributed by atoms with Gasteiger partial charge in [0.2, 0.25) is 5.91 Å². The van der Waals surface area contributed by atoms with E-state index in [2.05, 4.69) is 15.6 Å². The van der Waals surface area contributed by atoms with E-state index in [1.807, 2.05) is 20.8 Å². The zero-order chi connectivity index (χ0) is 14.5. The molecule has 0 unspecified atom stereocenters. The molecule has 0 aromatic heterocycles. The predicted octanol–water partition coefficient (Wildman–Crippen LogP) is 1.10. The van der Waals surface area contributed by atoms with Crippen LogP contribution in [-0.4, -0.2) is 44.7 Å². The van der Waals surface area contributed by atoms with E-state index < -0.39 is 0 Å². The topological polar surface area (TPSA) is 88.7 Å². The highest BCUT2D eigenvalue weighted by Gasteiger charge is 2.04. The van der Waals surface area contributed by atoms with Crippen LogP contribution in [-0.2, 0) is 9.53 Å². The van der Waals surface area contributed by atoms with Crippen molar-refractivity contribution in [1.82, 2.24) is 10.6 Å². The van der Waals surface area contributed by atoms with Gasteiger partial charge in [-0.2, -0.15) is 0 Å². The van der Waals surface area contributed by atoms with Crippen molar-refractivity contribution in [2.24, 2.45) is 16.6 Å². The van der Waals surface area contributed by atoms with Crippen molar-refractivity contribution in [3.8, 4) is 0 Å². The molecule has 1 amide bonds. The monoisotopic (exact) mass is 400 g/mol. The van der Waals surface area contributed by atoms with Crippen molar-refractivity contribution in [3.05, 3.63) is 0 Å². The Labute approximate surface area is 139 Å². The van der Waals surface area contributed by atoms with Crippen LogP contribution in [0.1, 0.15) is 33.6 Å². The number of rotatable bonds is 10. The zero-order valence-corrected chi connectivity index (χ0v) is 15.1. The molecule has 0 saturated carbocycles. The van der Waals surface area contributed by atoms with Gasteiger partial charge in [0, 0.05) is 38.8 Å². The molecule has 0 aliphatic heterocycles. The highest BCUT2D eigenvalue weighted by molar-refractivity contribution is 14.0. The van der Waals surface area contributed by atoms with Crippen LogP contribution < -0.4 is 16.4 Å². The second-order valence-electron chi connectivity index (χ2n) is 4.54. The fraction of sp³-hybridized carbons (Fsp3) is 0.846. The molecule has 0 fully saturated rings. The largest absolute Gasteiger partial charge is 0.382 e. The Balaban J connectivity index is 0. The molecular formula is C13H29IN4O2. The third-order valence-electron chi connectivity index (χ3n) is 2.42. The third-order valence-corrected chi connectivity index (χ3v) is 2.42. The highest BCUT2D eigenvalue weighted by Crippen LogP contribution is 1.90. The Morgan fingerprint density at radius 3 is 2.50 bits per heavy atom. The van der Waals surface area contributed by atoms with Gasteiger partial charge in [-0.15, -0.1) is 24.0 Å². The first-order valence-corrected chi connectivity index (χ1v) is 6.97. The van der Waals surface area contributed by atoms with Gasteiger partial charge in [0.1, 0.15) is 0 Å². The van der Waals surface area contributed by atoms with E-state index in [0.29, 0.717) is 19.0 Å². The Morgan fingerprint density at radius 2 is 1.90 bits per heavy atom. The van der Waals surface area contributed by atoms with Gasteiger partial charge in [0.15, 0.2) is 5.96 Å². The molecule has 7 heteroatoms. The summed E-state index contributed by atoms with van der Waals surface area (Å²) in [5.41, 5.74) is 5.69. The molecule has 6 nitrogen and oxygen atoms in total. The number of carbonyl (C=O) groups excluding carboxylic acids is 1. The predicted molar refractivity (Wildman–Crippen MR) is 93.5 cm³/mol. The molecule has 0 aromatic carbocycles. The summed E-state index contributed by atoms with van der Waals surface area (Å²) in [6, 6.07) is 0. The molecule has 0 spiro atoms. The van der Waals surface area contributed by atoms with Crippen LogP contribution in [0.25, 0.3) is 0 Å².